The highest BCUT2D eigenvalue weighted by atomic mass is 35.5. The molecule has 1 fully saturated rings. The molecule has 110 valence electrons. The Morgan fingerprint density at radius 2 is 2.10 bits per heavy atom. The molecule has 1 aliphatic rings. The highest BCUT2D eigenvalue weighted by Crippen LogP contribution is 2.20. The number of piperazine rings is 1. The Bertz CT molecular complexity index is 683. The lowest BCUT2D eigenvalue weighted by atomic mass is 10.1. The van der Waals surface area contributed by atoms with Crippen LogP contribution in [0.2, 0.25) is 0 Å². The molecule has 2 N–H and O–H groups in total. The molecule has 0 unspecified atom stereocenters. The first-order chi connectivity index (χ1) is 9.78. The van der Waals surface area contributed by atoms with Gasteiger partial charge in [-0.15, -0.1) is 12.4 Å². The number of aromatic nitrogens is 1. The SMILES string of the molecule is Cl.N#Cc1ccc2[nH]cc(CC(=O)N3CCNCC3)c2c1. The number of nitrogens with one attached hydrogen (secondary N) is 2. The van der Waals surface area contributed by atoms with Gasteiger partial charge in [0.1, 0.15) is 0 Å². The maximum absolute atomic E-state index is 12.3. The third kappa shape index (κ3) is 3.18. The Balaban J connectivity index is 0.00000161. The molecule has 1 amide bonds. The van der Waals surface area contributed by atoms with Crippen LogP contribution in [0.15, 0.2) is 24.4 Å². The van der Waals surface area contributed by atoms with Gasteiger partial charge in [0.25, 0.3) is 0 Å². The molecule has 0 saturated carbocycles. The molecule has 1 aromatic carbocycles. The van der Waals surface area contributed by atoms with Gasteiger partial charge in [0.2, 0.25) is 5.91 Å². The molecule has 0 bridgehead atoms. The van der Waals surface area contributed by atoms with E-state index in [9.17, 15) is 4.79 Å². The predicted octanol–water partition coefficient (Wildman–Crippen LogP) is 1.44. The summed E-state index contributed by atoms with van der Waals surface area (Å²) >= 11 is 0. The number of aromatic amines is 1. The number of benzene rings is 1. The Labute approximate surface area is 129 Å². The van der Waals surface area contributed by atoms with Gasteiger partial charge >= 0.3 is 0 Å². The van der Waals surface area contributed by atoms with Crippen molar-refractivity contribution in [3.05, 3.63) is 35.5 Å². The average Bonchev–Trinajstić information content (AvgIpc) is 2.90. The van der Waals surface area contributed by atoms with Gasteiger partial charge in [-0.05, 0) is 23.8 Å². The Morgan fingerprint density at radius 1 is 1.33 bits per heavy atom. The average molecular weight is 305 g/mol. The summed E-state index contributed by atoms with van der Waals surface area (Å²) in [5.74, 6) is 0.148. The first-order valence-electron chi connectivity index (χ1n) is 6.76. The topological polar surface area (TPSA) is 71.9 Å². The van der Waals surface area contributed by atoms with E-state index in [2.05, 4.69) is 16.4 Å². The summed E-state index contributed by atoms with van der Waals surface area (Å²) in [6.07, 6.45) is 2.25. The van der Waals surface area contributed by atoms with Crippen LogP contribution in [0.5, 0.6) is 0 Å². The van der Waals surface area contributed by atoms with Crippen LogP contribution in [-0.4, -0.2) is 42.0 Å². The van der Waals surface area contributed by atoms with Gasteiger partial charge < -0.3 is 15.2 Å². The Morgan fingerprint density at radius 3 is 2.81 bits per heavy atom. The zero-order chi connectivity index (χ0) is 13.9. The van der Waals surface area contributed by atoms with Gasteiger partial charge in [-0.25, -0.2) is 0 Å². The summed E-state index contributed by atoms with van der Waals surface area (Å²) in [5, 5.41) is 13.2. The van der Waals surface area contributed by atoms with Gasteiger partial charge in [0.05, 0.1) is 18.1 Å². The largest absolute Gasteiger partial charge is 0.361 e. The number of carbonyl (C=O) groups is 1. The molecule has 2 aromatic rings. The number of nitrogens with zero attached hydrogens (tertiary/aromatic N) is 2. The van der Waals surface area contributed by atoms with Gasteiger partial charge in [-0.1, -0.05) is 0 Å². The molecule has 3 rings (SSSR count). The number of carbonyl (C=O) groups excluding carboxylic acids is 1. The smallest absolute Gasteiger partial charge is 0.227 e. The Hall–Kier alpha value is -2.03. The minimum atomic E-state index is 0. The number of hydrogen-bond acceptors (Lipinski definition) is 3. The fraction of sp³-hybridized carbons (Fsp3) is 0.333. The molecule has 1 saturated heterocycles. The molecule has 0 aliphatic carbocycles. The van der Waals surface area contributed by atoms with Crippen LogP contribution in [0.25, 0.3) is 10.9 Å². The van der Waals surface area contributed by atoms with Crippen molar-refractivity contribution in [2.75, 3.05) is 26.2 Å². The molecule has 5 nitrogen and oxygen atoms in total. The van der Waals surface area contributed by atoms with Crippen molar-refractivity contribution >= 4 is 29.2 Å². The maximum atomic E-state index is 12.3. The van der Waals surface area contributed by atoms with Crippen LogP contribution in [0.4, 0.5) is 0 Å². The lowest BCUT2D eigenvalue weighted by molar-refractivity contribution is -0.131. The number of nitriles is 1. The monoisotopic (exact) mass is 304 g/mol. The quantitative estimate of drug-likeness (QED) is 0.882. The van der Waals surface area contributed by atoms with Gasteiger partial charge in [0, 0.05) is 43.3 Å². The second-order valence-corrected chi connectivity index (χ2v) is 4.99. The number of amides is 1. The van der Waals surface area contributed by atoms with Crippen LogP contribution >= 0.6 is 12.4 Å². The molecule has 1 aliphatic heterocycles. The summed E-state index contributed by atoms with van der Waals surface area (Å²) in [6, 6.07) is 7.63. The molecule has 0 spiro atoms. The first kappa shape index (κ1) is 15.4. The summed E-state index contributed by atoms with van der Waals surface area (Å²) in [4.78, 5) is 17.3. The number of rotatable bonds is 2. The van der Waals surface area contributed by atoms with E-state index < -0.39 is 0 Å². The lowest BCUT2D eigenvalue weighted by Gasteiger charge is -2.27. The highest BCUT2D eigenvalue weighted by Gasteiger charge is 2.17. The lowest BCUT2D eigenvalue weighted by Crippen LogP contribution is -2.46. The van der Waals surface area contributed by atoms with E-state index in [0.29, 0.717) is 12.0 Å². The van der Waals surface area contributed by atoms with E-state index in [0.717, 1.165) is 42.6 Å². The van der Waals surface area contributed by atoms with Gasteiger partial charge in [-0.2, -0.15) is 5.26 Å². The molecule has 2 heterocycles. The number of H-pyrrole nitrogens is 1. The van der Waals surface area contributed by atoms with Crippen LogP contribution in [0.3, 0.4) is 0 Å². The Kier molecular flexibility index (Phi) is 4.84. The van der Waals surface area contributed by atoms with Gasteiger partial charge in [-0.3, -0.25) is 4.79 Å². The fourth-order valence-electron chi connectivity index (χ4n) is 2.58. The second-order valence-electron chi connectivity index (χ2n) is 4.99. The fourth-order valence-corrected chi connectivity index (χ4v) is 2.58. The van der Waals surface area contributed by atoms with Crippen molar-refractivity contribution in [1.82, 2.24) is 15.2 Å². The summed E-state index contributed by atoms with van der Waals surface area (Å²) in [5.41, 5.74) is 2.54. The molecule has 6 heteroatoms. The number of hydrogen-bond donors (Lipinski definition) is 2. The normalized spacial score (nSPS) is 14.5. The highest BCUT2D eigenvalue weighted by molar-refractivity contribution is 5.89. The molecule has 21 heavy (non-hydrogen) atoms. The predicted molar refractivity (Wildman–Crippen MR) is 83.4 cm³/mol. The third-order valence-electron chi connectivity index (χ3n) is 3.71. The van der Waals surface area contributed by atoms with Crippen molar-refractivity contribution < 1.29 is 4.79 Å². The minimum Gasteiger partial charge on any atom is -0.361 e. The number of halogens is 1. The van der Waals surface area contributed by atoms with E-state index in [1.807, 2.05) is 23.2 Å². The zero-order valence-electron chi connectivity index (χ0n) is 11.6. The molecule has 1 aromatic heterocycles. The van der Waals surface area contributed by atoms with E-state index in [4.69, 9.17) is 5.26 Å². The zero-order valence-corrected chi connectivity index (χ0v) is 12.4. The van der Waals surface area contributed by atoms with Crippen LogP contribution in [0.1, 0.15) is 11.1 Å². The van der Waals surface area contributed by atoms with Crippen molar-refractivity contribution in [3.63, 3.8) is 0 Å². The molecule has 0 atom stereocenters. The summed E-state index contributed by atoms with van der Waals surface area (Å²) < 4.78 is 0. The second kappa shape index (κ2) is 6.61. The van der Waals surface area contributed by atoms with Crippen molar-refractivity contribution in [2.24, 2.45) is 0 Å². The maximum Gasteiger partial charge on any atom is 0.227 e. The van der Waals surface area contributed by atoms with Crippen molar-refractivity contribution in [2.45, 2.75) is 6.42 Å². The van der Waals surface area contributed by atoms with Gasteiger partial charge in [0.15, 0.2) is 0 Å². The van der Waals surface area contributed by atoms with E-state index in [-0.39, 0.29) is 18.3 Å². The molecular formula is C15H17ClN4O. The van der Waals surface area contributed by atoms with Crippen LogP contribution < -0.4 is 5.32 Å². The summed E-state index contributed by atoms with van der Waals surface area (Å²) in [7, 11) is 0. The van der Waals surface area contributed by atoms with E-state index >= 15 is 0 Å². The standard InChI is InChI=1S/C15H16N4O.ClH/c16-9-11-1-2-14-13(7-11)12(10-18-14)8-15(20)19-5-3-17-4-6-19;/h1-2,7,10,17-18H,3-6,8H2;1H. The van der Waals surface area contributed by atoms with E-state index in [1.165, 1.54) is 0 Å². The minimum absolute atomic E-state index is 0. The van der Waals surface area contributed by atoms with Crippen LogP contribution in [0, 0.1) is 11.3 Å². The number of fused-ring (bicyclic) bond motifs is 1. The first-order valence-corrected chi connectivity index (χ1v) is 6.76. The van der Waals surface area contributed by atoms with Crippen molar-refractivity contribution in [1.29, 1.82) is 5.26 Å². The molecule has 0 radical (unpaired) electrons. The molecular weight excluding hydrogens is 288 g/mol. The van der Waals surface area contributed by atoms with E-state index in [1.54, 1.807) is 6.07 Å². The third-order valence-corrected chi connectivity index (χ3v) is 3.71. The van der Waals surface area contributed by atoms with Crippen LogP contribution in [-0.2, 0) is 11.2 Å². The summed E-state index contributed by atoms with van der Waals surface area (Å²) in [6.45, 7) is 3.26. The van der Waals surface area contributed by atoms with Crippen molar-refractivity contribution in [3.8, 4) is 6.07 Å².